The average Bonchev–Trinajstić information content (AvgIpc) is 2.86. The number of nitro groups is 1. The van der Waals surface area contributed by atoms with Gasteiger partial charge in [-0.1, -0.05) is 38.1 Å². The maximum absolute atomic E-state index is 11.0. The third kappa shape index (κ3) is 3.43. The van der Waals surface area contributed by atoms with Crippen LogP contribution in [0, 0.1) is 15.5 Å². The summed E-state index contributed by atoms with van der Waals surface area (Å²) in [5.74, 6) is 0.406. The van der Waals surface area contributed by atoms with Crippen molar-refractivity contribution in [2.75, 3.05) is 0 Å². The average molecular weight is 291 g/mol. The third-order valence-corrected chi connectivity index (χ3v) is 3.18. The van der Waals surface area contributed by atoms with Gasteiger partial charge in [0, 0.05) is 6.07 Å². The molecule has 2 rings (SSSR count). The number of aromatic nitrogens is 2. The van der Waals surface area contributed by atoms with Crippen molar-refractivity contribution in [2.45, 2.75) is 33.3 Å². The Morgan fingerprint density at radius 2 is 2.05 bits per heavy atom. The number of para-hydroxylation sites is 1. The van der Waals surface area contributed by atoms with Crippen LogP contribution in [0.4, 0.5) is 5.69 Å². The van der Waals surface area contributed by atoms with Gasteiger partial charge in [0.1, 0.15) is 5.56 Å². The van der Waals surface area contributed by atoms with Crippen LogP contribution in [-0.2, 0) is 6.42 Å². The van der Waals surface area contributed by atoms with Gasteiger partial charge in [-0.05, 0) is 11.5 Å². The van der Waals surface area contributed by atoms with Crippen molar-refractivity contribution in [3.63, 3.8) is 0 Å². The molecule has 0 radical (unpaired) electrons. The maximum atomic E-state index is 11.0. The van der Waals surface area contributed by atoms with E-state index in [2.05, 4.69) is 10.1 Å². The van der Waals surface area contributed by atoms with Gasteiger partial charge in [0.05, 0.1) is 17.4 Å². The highest BCUT2D eigenvalue weighted by molar-refractivity contribution is 5.67. The van der Waals surface area contributed by atoms with Crippen molar-refractivity contribution in [1.82, 2.24) is 10.1 Å². The quantitative estimate of drug-likeness (QED) is 0.686. The molecule has 1 heterocycles. The van der Waals surface area contributed by atoms with Crippen LogP contribution < -0.4 is 0 Å². The molecular formula is C14H17N3O4. The second kappa shape index (κ2) is 5.61. The molecule has 7 nitrogen and oxygen atoms in total. The molecule has 21 heavy (non-hydrogen) atoms. The molecule has 0 saturated carbocycles. The molecule has 0 fully saturated rings. The van der Waals surface area contributed by atoms with E-state index in [1.165, 1.54) is 6.07 Å². The van der Waals surface area contributed by atoms with Crippen LogP contribution in [0.2, 0.25) is 0 Å². The monoisotopic (exact) mass is 291 g/mol. The second-order valence-electron chi connectivity index (χ2n) is 5.87. The predicted octanol–water partition coefficient (Wildman–Crippen LogP) is 2.59. The van der Waals surface area contributed by atoms with E-state index in [0.29, 0.717) is 5.56 Å². The molecule has 0 aliphatic heterocycles. The van der Waals surface area contributed by atoms with Gasteiger partial charge in [0.25, 0.3) is 5.69 Å². The lowest BCUT2D eigenvalue weighted by atomic mass is 9.87. The van der Waals surface area contributed by atoms with Crippen LogP contribution in [0.15, 0.2) is 28.8 Å². The first-order valence-electron chi connectivity index (χ1n) is 6.53. The maximum Gasteiger partial charge on any atom is 0.280 e. The summed E-state index contributed by atoms with van der Waals surface area (Å²) < 4.78 is 5.08. The lowest BCUT2D eigenvalue weighted by molar-refractivity contribution is -0.384. The molecule has 0 saturated heterocycles. The summed E-state index contributed by atoms with van der Waals surface area (Å²) in [5.41, 5.74) is -0.100. The number of nitro benzene ring substituents is 1. The van der Waals surface area contributed by atoms with Gasteiger partial charge in [0.2, 0.25) is 11.7 Å². The molecule has 7 heteroatoms. The Balaban J connectivity index is 2.27. The highest BCUT2D eigenvalue weighted by Gasteiger charge is 2.26. The fourth-order valence-electron chi connectivity index (χ4n) is 1.74. The van der Waals surface area contributed by atoms with E-state index >= 15 is 0 Å². The molecule has 0 bridgehead atoms. The Bertz CT molecular complexity index is 646. The van der Waals surface area contributed by atoms with Crippen molar-refractivity contribution >= 4 is 5.69 Å². The summed E-state index contributed by atoms with van der Waals surface area (Å²) >= 11 is 0. The lowest BCUT2D eigenvalue weighted by Crippen LogP contribution is -2.28. The molecule has 0 amide bonds. The lowest BCUT2D eigenvalue weighted by Gasteiger charge is -2.24. The molecular weight excluding hydrogens is 274 g/mol. The van der Waals surface area contributed by atoms with E-state index < -0.39 is 11.0 Å². The number of hydrogen-bond acceptors (Lipinski definition) is 6. The fourth-order valence-corrected chi connectivity index (χ4v) is 1.74. The normalized spacial score (nSPS) is 13.1. The van der Waals surface area contributed by atoms with Crippen molar-refractivity contribution in [3.05, 3.63) is 40.3 Å². The number of aliphatic hydroxyl groups excluding tert-OH is 1. The largest absolute Gasteiger partial charge is 0.392 e. The zero-order chi connectivity index (χ0) is 15.6. The van der Waals surface area contributed by atoms with E-state index in [0.717, 1.165) is 0 Å². The van der Waals surface area contributed by atoms with Gasteiger partial charge in [-0.3, -0.25) is 10.1 Å². The molecule has 0 spiro atoms. The van der Waals surface area contributed by atoms with Crippen LogP contribution in [0.1, 0.15) is 26.7 Å². The van der Waals surface area contributed by atoms with Crippen LogP contribution in [0.3, 0.4) is 0 Å². The highest BCUT2D eigenvalue weighted by Crippen LogP contribution is 2.28. The second-order valence-corrected chi connectivity index (χ2v) is 5.87. The Morgan fingerprint density at radius 1 is 1.38 bits per heavy atom. The molecule has 112 valence electrons. The fraction of sp³-hybridized carbons (Fsp3) is 0.429. The summed E-state index contributed by atoms with van der Waals surface area (Å²) in [6.07, 6.45) is -0.437. The number of benzene rings is 1. The van der Waals surface area contributed by atoms with E-state index in [4.69, 9.17) is 4.52 Å². The van der Waals surface area contributed by atoms with Gasteiger partial charge in [-0.2, -0.15) is 4.98 Å². The number of nitrogens with zero attached hydrogens (tertiary/aromatic N) is 3. The molecule has 1 N–H and O–H groups in total. The summed E-state index contributed by atoms with van der Waals surface area (Å²) in [5, 5.41) is 24.8. The smallest absolute Gasteiger partial charge is 0.280 e. The zero-order valence-corrected chi connectivity index (χ0v) is 12.1. The van der Waals surface area contributed by atoms with E-state index in [1.54, 1.807) is 18.2 Å². The van der Waals surface area contributed by atoms with E-state index in [1.807, 2.05) is 20.8 Å². The molecule has 1 unspecified atom stereocenters. The van der Waals surface area contributed by atoms with Gasteiger partial charge in [-0.25, -0.2) is 0 Å². The van der Waals surface area contributed by atoms with Crippen molar-refractivity contribution < 1.29 is 14.6 Å². The minimum Gasteiger partial charge on any atom is -0.392 e. The summed E-state index contributed by atoms with van der Waals surface area (Å²) in [7, 11) is 0. The molecule has 0 aliphatic carbocycles. The molecule has 1 atom stereocenters. The number of hydrogen-bond donors (Lipinski definition) is 1. The summed E-state index contributed by atoms with van der Waals surface area (Å²) in [4.78, 5) is 14.6. The first kappa shape index (κ1) is 15.1. The van der Waals surface area contributed by atoms with Crippen LogP contribution in [-0.4, -0.2) is 26.3 Å². The molecule has 0 aliphatic rings. The molecule has 2 aromatic rings. The Labute approximate surface area is 121 Å². The van der Waals surface area contributed by atoms with Crippen molar-refractivity contribution in [1.29, 1.82) is 0 Å². The highest BCUT2D eigenvalue weighted by atomic mass is 16.6. The Kier molecular flexibility index (Phi) is 4.04. The van der Waals surface area contributed by atoms with Gasteiger partial charge < -0.3 is 9.63 Å². The standard InChI is InChI=1S/C14H17N3O4/c1-14(2,3)11(18)8-12-15-13(16-21-12)9-6-4-5-7-10(9)17(19)20/h4-7,11,18H,8H2,1-3H3. The third-order valence-electron chi connectivity index (χ3n) is 3.18. The van der Waals surface area contributed by atoms with Crippen molar-refractivity contribution in [2.24, 2.45) is 5.41 Å². The zero-order valence-electron chi connectivity index (χ0n) is 12.1. The van der Waals surface area contributed by atoms with Gasteiger partial charge >= 0.3 is 0 Å². The van der Waals surface area contributed by atoms with Crippen LogP contribution >= 0.6 is 0 Å². The van der Waals surface area contributed by atoms with Gasteiger partial charge in [-0.15, -0.1) is 0 Å². The van der Waals surface area contributed by atoms with Crippen molar-refractivity contribution in [3.8, 4) is 11.4 Å². The molecule has 1 aromatic carbocycles. The van der Waals surface area contributed by atoms with Crippen LogP contribution in [0.5, 0.6) is 0 Å². The SMILES string of the molecule is CC(C)(C)C(O)Cc1nc(-c2ccccc2[N+](=O)[O-])no1. The number of aliphatic hydroxyl groups is 1. The van der Waals surface area contributed by atoms with E-state index in [-0.39, 0.29) is 29.2 Å². The van der Waals surface area contributed by atoms with Gasteiger partial charge in [0.15, 0.2) is 0 Å². The van der Waals surface area contributed by atoms with E-state index in [9.17, 15) is 15.2 Å². The molecule has 1 aromatic heterocycles. The topological polar surface area (TPSA) is 102 Å². The Hall–Kier alpha value is -2.28. The Morgan fingerprint density at radius 3 is 2.67 bits per heavy atom. The summed E-state index contributed by atoms with van der Waals surface area (Å²) in [6.45, 7) is 5.70. The van der Waals surface area contributed by atoms with Crippen LogP contribution in [0.25, 0.3) is 11.4 Å². The summed E-state index contributed by atoms with van der Waals surface area (Å²) in [6, 6.07) is 6.19. The predicted molar refractivity (Wildman–Crippen MR) is 75.6 cm³/mol. The minimum absolute atomic E-state index is 0.0822. The minimum atomic E-state index is -0.642. The number of rotatable bonds is 4. The first-order chi connectivity index (χ1) is 9.79. The first-order valence-corrected chi connectivity index (χ1v) is 6.53.